The van der Waals surface area contributed by atoms with Gasteiger partial charge in [0.15, 0.2) is 5.96 Å². The molecule has 5 rings (SSSR count). The van der Waals surface area contributed by atoms with Crippen molar-refractivity contribution in [2.24, 2.45) is 34.0 Å². The molecule has 4 heterocycles. The van der Waals surface area contributed by atoms with Gasteiger partial charge in [0.05, 0.1) is 19.0 Å². The number of H-pyrrole nitrogens is 1. The number of thiol groups is 1. The SMILES string of the molecule is CC(=O)O.CSCC[C@H](NC(=O)[C@@H](N)CS)C(=O)N1CCC[C@H]1C(=O)N[C@@H](CC(C)C)C(=O)N[C@@H](Cc1cnc[nH]1)C(=O)N[C@@H](CO)C(=O)N[C@@H](CCCN=C(N)N)C(=O)N[C@H](C(=O)N1CCC[C@H]1C(=O)N[C@@H](Cc1ccccc1)C(=O)N1CCC[C@H]1C(=O)O)C(C)C. The van der Waals surface area contributed by atoms with Crippen LogP contribution in [0, 0.1) is 11.8 Å². The zero-order chi connectivity index (χ0) is 69.1. The van der Waals surface area contributed by atoms with E-state index in [2.05, 4.69) is 64.8 Å². The number of nitrogens with zero attached hydrogens (tertiary/aromatic N) is 5. The van der Waals surface area contributed by atoms with Crippen LogP contribution in [0.3, 0.4) is 0 Å². The number of nitrogens with one attached hydrogen (secondary N) is 8. The van der Waals surface area contributed by atoms with E-state index >= 15 is 0 Å². The molecule has 33 heteroatoms. The van der Waals surface area contributed by atoms with Crippen molar-refractivity contribution in [3.05, 3.63) is 54.1 Å². The van der Waals surface area contributed by atoms with Gasteiger partial charge in [0.2, 0.25) is 59.1 Å². The number of aliphatic imine (C=N–C) groups is 1. The predicted molar refractivity (Wildman–Crippen MR) is 347 cm³/mol. The summed E-state index contributed by atoms with van der Waals surface area (Å²) in [6.07, 6.45) is 6.82. The maximum absolute atomic E-state index is 14.6. The molecule has 2 aromatic rings. The molecule has 0 aliphatic carbocycles. The number of benzene rings is 1. The summed E-state index contributed by atoms with van der Waals surface area (Å²) in [5.74, 6) is -9.63. The van der Waals surface area contributed by atoms with Gasteiger partial charge in [-0.05, 0) is 93.6 Å². The Hall–Kier alpha value is -8.04. The molecule has 3 saturated heterocycles. The number of amides is 10. The van der Waals surface area contributed by atoms with Gasteiger partial charge in [0.1, 0.15) is 60.4 Å². The zero-order valence-corrected chi connectivity index (χ0v) is 55.3. The Labute approximate surface area is 550 Å². The number of carboxylic acids is 2. The number of aliphatic hydroxyl groups excluding tert-OH is 1. The molecular weight excluding hydrogens is 1250 g/mol. The highest BCUT2D eigenvalue weighted by molar-refractivity contribution is 7.98. The van der Waals surface area contributed by atoms with Gasteiger partial charge in [-0.3, -0.25) is 57.7 Å². The second-order valence-corrected chi connectivity index (χ2v) is 25.2. The van der Waals surface area contributed by atoms with Crippen molar-refractivity contribution in [2.45, 2.75) is 178 Å². The molecule has 3 fully saturated rings. The van der Waals surface area contributed by atoms with Crippen molar-refractivity contribution >= 4 is 101 Å². The van der Waals surface area contributed by atoms with Crippen molar-refractivity contribution in [1.29, 1.82) is 0 Å². The Morgan fingerprint density at radius 3 is 1.70 bits per heavy atom. The fourth-order valence-electron chi connectivity index (χ4n) is 11.0. The number of carbonyl (C=O) groups excluding carboxylic acids is 10. The molecule has 3 aliphatic heterocycles. The van der Waals surface area contributed by atoms with E-state index in [1.165, 1.54) is 39.0 Å². The van der Waals surface area contributed by atoms with Gasteiger partial charge in [-0.1, -0.05) is 58.0 Å². The summed E-state index contributed by atoms with van der Waals surface area (Å²) < 4.78 is 0. The minimum atomic E-state index is -1.74. The molecule has 1 aromatic carbocycles. The number of aliphatic carboxylic acids is 2. The molecular formula is C60H94N16O15S2. The lowest BCUT2D eigenvalue weighted by molar-refractivity contribution is -0.150. The van der Waals surface area contributed by atoms with Crippen LogP contribution < -0.4 is 54.4 Å². The van der Waals surface area contributed by atoms with Crippen LogP contribution in [0.1, 0.15) is 110 Å². The summed E-state index contributed by atoms with van der Waals surface area (Å²) >= 11 is 5.57. The molecule has 31 nitrogen and oxygen atoms in total. The maximum Gasteiger partial charge on any atom is 0.326 e. The van der Waals surface area contributed by atoms with Gasteiger partial charge in [-0.15, -0.1) is 0 Å². The minimum Gasteiger partial charge on any atom is -0.481 e. The van der Waals surface area contributed by atoms with Crippen molar-refractivity contribution in [1.82, 2.24) is 61.9 Å². The first-order valence-corrected chi connectivity index (χ1v) is 33.1. The van der Waals surface area contributed by atoms with E-state index in [-0.39, 0.29) is 102 Å². The lowest BCUT2D eigenvalue weighted by atomic mass is 10.0. The Balaban J connectivity index is 0.00000447. The number of likely N-dealkylation sites (tertiary alicyclic amines) is 3. The lowest BCUT2D eigenvalue weighted by Gasteiger charge is -2.33. The Morgan fingerprint density at radius 2 is 1.17 bits per heavy atom. The normalized spacial score (nSPS) is 18.6. The molecule has 0 saturated carbocycles. The molecule has 0 bridgehead atoms. The van der Waals surface area contributed by atoms with Crippen LogP contribution >= 0.6 is 24.4 Å². The highest BCUT2D eigenvalue weighted by Gasteiger charge is 2.44. The lowest BCUT2D eigenvalue weighted by Crippen LogP contribution is -2.61. The van der Waals surface area contributed by atoms with E-state index in [0.717, 1.165) is 6.92 Å². The Morgan fingerprint density at radius 1 is 0.667 bits per heavy atom. The van der Waals surface area contributed by atoms with E-state index < -0.39 is 150 Å². The smallest absolute Gasteiger partial charge is 0.326 e. The van der Waals surface area contributed by atoms with Crippen LogP contribution in [0.2, 0.25) is 0 Å². The number of aromatic nitrogens is 2. The van der Waals surface area contributed by atoms with E-state index in [9.17, 15) is 63.0 Å². The fourth-order valence-corrected chi connectivity index (χ4v) is 11.6. The predicted octanol–water partition coefficient (Wildman–Crippen LogP) is -2.50. The molecule has 17 N–H and O–H groups in total. The van der Waals surface area contributed by atoms with Gasteiger partial charge in [-0.25, -0.2) is 9.78 Å². The molecule has 10 amide bonds. The van der Waals surface area contributed by atoms with Crippen molar-refractivity contribution in [2.75, 3.05) is 50.5 Å². The molecule has 3 aliphatic rings. The third-order valence-corrected chi connectivity index (χ3v) is 16.8. The number of aliphatic hydroxyl groups is 1. The summed E-state index contributed by atoms with van der Waals surface area (Å²) in [5, 5.41) is 46.8. The number of hydrogen-bond donors (Lipinski definition) is 15. The first-order valence-electron chi connectivity index (χ1n) is 31.1. The second kappa shape index (κ2) is 38.8. The second-order valence-electron chi connectivity index (χ2n) is 23.8. The van der Waals surface area contributed by atoms with Gasteiger partial charge < -0.3 is 89.4 Å². The van der Waals surface area contributed by atoms with Crippen LogP contribution in [0.4, 0.5) is 0 Å². The Kier molecular flexibility index (Phi) is 32.3. The highest BCUT2D eigenvalue weighted by atomic mass is 32.2. The van der Waals surface area contributed by atoms with E-state index in [1.807, 2.05) is 20.1 Å². The number of hydrogen-bond acceptors (Lipinski definition) is 18. The number of carboxylic acid groups (broad SMARTS) is 2. The maximum atomic E-state index is 14.6. The zero-order valence-electron chi connectivity index (χ0n) is 53.5. The molecule has 0 unspecified atom stereocenters. The van der Waals surface area contributed by atoms with Gasteiger partial charge in [0, 0.05) is 63.6 Å². The number of nitrogens with two attached hydrogens (primary N) is 3. The highest BCUT2D eigenvalue weighted by Crippen LogP contribution is 2.25. The number of thioether (sulfide) groups is 1. The molecule has 0 radical (unpaired) electrons. The number of carbonyl (C=O) groups is 12. The monoisotopic (exact) mass is 1340 g/mol. The van der Waals surface area contributed by atoms with Crippen LogP contribution in [0.15, 0.2) is 47.8 Å². The summed E-state index contributed by atoms with van der Waals surface area (Å²) in [5.41, 5.74) is 18.1. The standard InChI is InChI=1S/C58H90N16O13S2.C2H4O2/c1-32(2)25-39(68-52(81)43-16-10-21-72(43)54(83)38(19-24-89-5)66-47(76)36(59)30-88)49(78)67-40(27-35-28-62-31-64-35)50(79)70-42(29-75)51(80)65-37(15-9-20-63-58(60)61)48(77)71-46(33(3)4)56(85)73-22-11-17-44(73)53(82)69-41(26-34-13-7-6-8-14-34)55(84)74-23-12-18-45(74)57(86)87;1-2(3)4/h6-8,13-14,28,31-33,36-46,75,88H,9-12,15-27,29-30,59H2,1-5H3,(H,62,64)(H,65,80)(H,66,76)(H,67,78)(H,68,81)(H,69,82)(H,70,79)(H,71,77)(H,86,87)(H4,60,61,63);1H3,(H,3,4)/t36-,37-,38-,39-,40-,41-,42-,43-,44-,45-,46-;/m0./s1. The first-order chi connectivity index (χ1) is 44.1. The van der Waals surface area contributed by atoms with E-state index in [1.54, 1.807) is 44.2 Å². The number of imidazole rings is 1. The molecule has 0 spiro atoms. The number of rotatable bonds is 34. The van der Waals surface area contributed by atoms with E-state index in [4.69, 9.17) is 27.1 Å². The van der Waals surface area contributed by atoms with Crippen molar-refractivity contribution < 1.29 is 72.9 Å². The quantitative estimate of drug-likeness (QED) is 0.0149. The fraction of sp³-hybridized carbons (Fsp3) is 0.633. The van der Waals surface area contributed by atoms with Crippen molar-refractivity contribution in [3.63, 3.8) is 0 Å². The summed E-state index contributed by atoms with van der Waals surface area (Å²) in [6.45, 7) is 7.58. The molecule has 1 aromatic heterocycles. The van der Waals surface area contributed by atoms with Crippen LogP contribution in [-0.4, -0.2) is 234 Å². The van der Waals surface area contributed by atoms with Crippen LogP contribution in [0.5, 0.6) is 0 Å². The Bertz CT molecular complexity index is 2880. The first kappa shape index (κ1) is 77.4. The van der Waals surface area contributed by atoms with E-state index in [0.29, 0.717) is 36.3 Å². The van der Waals surface area contributed by atoms with Gasteiger partial charge >= 0.3 is 5.97 Å². The third-order valence-electron chi connectivity index (χ3n) is 15.7. The van der Waals surface area contributed by atoms with Gasteiger partial charge in [-0.2, -0.15) is 24.4 Å². The number of guanidine groups is 1. The average molecular weight is 1340 g/mol. The third kappa shape index (κ3) is 24.4. The van der Waals surface area contributed by atoms with Gasteiger partial charge in [0.25, 0.3) is 5.97 Å². The van der Waals surface area contributed by atoms with Crippen LogP contribution in [0.25, 0.3) is 0 Å². The van der Waals surface area contributed by atoms with Crippen molar-refractivity contribution in [3.8, 4) is 0 Å². The summed E-state index contributed by atoms with van der Waals surface area (Å²) in [7, 11) is 0. The van der Waals surface area contributed by atoms with Crippen LogP contribution in [-0.2, 0) is 70.4 Å². The average Bonchev–Trinajstić information content (AvgIpc) is 1.81. The summed E-state index contributed by atoms with van der Waals surface area (Å²) in [4.78, 5) is 177. The molecule has 516 valence electrons. The largest absolute Gasteiger partial charge is 0.481 e. The molecule has 93 heavy (non-hydrogen) atoms. The topological polar surface area (TPSA) is 479 Å². The number of aromatic amines is 1. The summed E-state index contributed by atoms with van der Waals surface area (Å²) in [6, 6.07) is -4.55. The minimum absolute atomic E-state index is 0.0110. The molecule has 11 atom stereocenters.